The molecule has 1 fully saturated rings. The molecule has 2 N–H and O–H groups in total. The average molecular weight is 284 g/mol. The van der Waals surface area contributed by atoms with Crippen LogP contribution in [0.5, 0.6) is 5.75 Å². The highest BCUT2D eigenvalue weighted by Crippen LogP contribution is 2.34. The summed E-state index contributed by atoms with van der Waals surface area (Å²) in [5.74, 6) is 0.879. The Labute approximate surface area is 114 Å². The van der Waals surface area contributed by atoms with Crippen molar-refractivity contribution >= 4 is 10.1 Å². The van der Waals surface area contributed by atoms with Gasteiger partial charge in [0.15, 0.2) is 0 Å². The van der Waals surface area contributed by atoms with E-state index in [1.165, 1.54) is 5.56 Å². The molecule has 19 heavy (non-hydrogen) atoms. The van der Waals surface area contributed by atoms with Gasteiger partial charge in [-0.25, -0.2) is 0 Å². The predicted octanol–water partition coefficient (Wildman–Crippen LogP) is 0.976. The van der Waals surface area contributed by atoms with Gasteiger partial charge in [0.05, 0.1) is 6.26 Å². The molecule has 1 aliphatic heterocycles. The molecular formula is C13H20N2O3S. The molecule has 0 aromatic heterocycles. The number of rotatable bonds is 4. The third kappa shape index (κ3) is 3.68. The summed E-state index contributed by atoms with van der Waals surface area (Å²) >= 11 is 0. The maximum absolute atomic E-state index is 11.0. The third-order valence-corrected chi connectivity index (χ3v) is 3.98. The summed E-state index contributed by atoms with van der Waals surface area (Å²) in [5.41, 5.74) is 6.88. The number of nitrogens with zero attached hydrogens (tertiary/aromatic N) is 1. The average Bonchev–Trinajstić information content (AvgIpc) is 2.70. The molecule has 1 heterocycles. The zero-order chi connectivity index (χ0) is 14.0. The fourth-order valence-corrected chi connectivity index (χ4v) is 3.05. The van der Waals surface area contributed by atoms with Gasteiger partial charge in [-0.05, 0) is 43.6 Å². The van der Waals surface area contributed by atoms with E-state index in [9.17, 15) is 8.42 Å². The molecule has 0 bridgehead atoms. The SMILES string of the molecule is CN1CC(CN)CC1c1ccc(OS(C)(=O)=O)cc1. The van der Waals surface area contributed by atoms with E-state index in [1.807, 2.05) is 12.1 Å². The van der Waals surface area contributed by atoms with Crippen LogP contribution in [0.4, 0.5) is 0 Å². The van der Waals surface area contributed by atoms with Crippen LogP contribution in [0.2, 0.25) is 0 Å². The molecule has 5 nitrogen and oxygen atoms in total. The molecule has 2 unspecified atom stereocenters. The molecule has 0 spiro atoms. The van der Waals surface area contributed by atoms with Gasteiger partial charge in [0.25, 0.3) is 0 Å². The molecule has 1 aliphatic rings. The number of benzene rings is 1. The zero-order valence-corrected chi connectivity index (χ0v) is 12.1. The van der Waals surface area contributed by atoms with Gasteiger partial charge in [0, 0.05) is 12.6 Å². The molecule has 0 aliphatic carbocycles. The highest BCUT2D eigenvalue weighted by molar-refractivity contribution is 7.86. The Kier molecular flexibility index (Phi) is 4.13. The molecule has 0 amide bonds. The van der Waals surface area contributed by atoms with Gasteiger partial charge in [-0.3, -0.25) is 4.90 Å². The minimum absolute atomic E-state index is 0.348. The summed E-state index contributed by atoms with van der Waals surface area (Å²) in [4.78, 5) is 2.28. The first-order valence-electron chi connectivity index (χ1n) is 6.29. The first kappa shape index (κ1) is 14.3. The molecule has 1 aromatic rings. The quantitative estimate of drug-likeness (QED) is 0.834. The lowest BCUT2D eigenvalue weighted by Gasteiger charge is -2.19. The van der Waals surface area contributed by atoms with E-state index in [0.717, 1.165) is 19.2 Å². The van der Waals surface area contributed by atoms with Crippen LogP contribution in [-0.4, -0.2) is 39.7 Å². The number of likely N-dealkylation sites (tertiary alicyclic amines) is 1. The van der Waals surface area contributed by atoms with Crippen LogP contribution in [0.25, 0.3) is 0 Å². The summed E-state index contributed by atoms with van der Waals surface area (Å²) in [6.07, 6.45) is 2.08. The van der Waals surface area contributed by atoms with Crippen molar-refractivity contribution < 1.29 is 12.6 Å². The van der Waals surface area contributed by atoms with Crippen molar-refractivity contribution in [1.29, 1.82) is 0 Å². The van der Waals surface area contributed by atoms with E-state index in [2.05, 4.69) is 11.9 Å². The van der Waals surface area contributed by atoms with Crippen molar-refractivity contribution in [1.82, 2.24) is 4.90 Å². The second-order valence-corrected chi connectivity index (χ2v) is 6.72. The first-order valence-corrected chi connectivity index (χ1v) is 8.10. The van der Waals surface area contributed by atoms with Gasteiger partial charge in [0.2, 0.25) is 0 Å². The second-order valence-electron chi connectivity index (χ2n) is 5.15. The highest BCUT2D eigenvalue weighted by atomic mass is 32.2. The standard InChI is InChI=1S/C13H20N2O3S/c1-15-9-10(8-14)7-13(15)11-3-5-12(6-4-11)18-19(2,16)17/h3-6,10,13H,7-9,14H2,1-2H3. The lowest BCUT2D eigenvalue weighted by atomic mass is 10.00. The van der Waals surface area contributed by atoms with Gasteiger partial charge in [-0.2, -0.15) is 8.42 Å². The summed E-state index contributed by atoms with van der Waals surface area (Å²) in [6.45, 7) is 1.71. The van der Waals surface area contributed by atoms with Crippen molar-refractivity contribution in [3.05, 3.63) is 29.8 Å². The number of hydrogen-bond acceptors (Lipinski definition) is 5. The van der Waals surface area contributed by atoms with Crippen molar-refractivity contribution in [3.63, 3.8) is 0 Å². The van der Waals surface area contributed by atoms with Crippen molar-refractivity contribution in [2.75, 3.05) is 26.4 Å². The van der Waals surface area contributed by atoms with Crippen molar-refractivity contribution in [3.8, 4) is 5.75 Å². The van der Waals surface area contributed by atoms with Crippen LogP contribution in [0.1, 0.15) is 18.0 Å². The Morgan fingerprint density at radius 3 is 2.47 bits per heavy atom. The van der Waals surface area contributed by atoms with Crippen LogP contribution in [0.15, 0.2) is 24.3 Å². The number of hydrogen-bond donors (Lipinski definition) is 1. The molecule has 0 saturated carbocycles. The van der Waals surface area contributed by atoms with E-state index in [1.54, 1.807) is 12.1 Å². The van der Waals surface area contributed by atoms with E-state index < -0.39 is 10.1 Å². The summed E-state index contributed by atoms with van der Waals surface area (Å²) in [6, 6.07) is 7.57. The third-order valence-electron chi connectivity index (χ3n) is 3.48. The lowest BCUT2D eigenvalue weighted by molar-refractivity contribution is 0.313. The summed E-state index contributed by atoms with van der Waals surface area (Å²) < 4.78 is 26.9. The van der Waals surface area contributed by atoms with Gasteiger partial charge < -0.3 is 9.92 Å². The Hall–Kier alpha value is -1.11. The van der Waals surface area contributed by atoms with Crippen molar-refractivity contribution in [2.24, 2.45) is 11.7 Å². The zero-order valence-electron chi connectivity index (χ0n) is 11.2. The molecule has 1 saturated heterocycles. The van der Waals surface area contributed by atoms with E-state index in [4.69, 9.17) is 9.92 Å². The molecule has 106 valence electrons. The minimum atomic E-state index is -3.46. The summed E-state index contributed by atoms with van der Waals surface area (Å²) in [5, 5.41) is 0. The first-order chi connectivity index (χ1) is 8.89. The van der Waals surface area contributed by atoms with E-state index >= 15 is 0 Å². The van der Waals surface area contributed by atoms with E-state index in [-0.39, 0.29) is 0 Å². The summed E-state index contributed by atoms with van der Waals surface area (Å²) in [7, 11) is -1.37. The molecule has 2 atom stereocenters. The second kappa shape index (κ2) is 5.48. The van der Waals surface area contributed by atoms with E-state index in [0.29, 0.717) is 24.3 Å². The molecule has 0 radical (unpaired) electrons. The molecule has 2 rings (SSSR count). The molecular weight excluding hydrogens is 264 g/mol. The Balaban J connectivity index is 2.10. The Morgan fingerprint density at radius 1 is 1.37 bits per heavy atom. The van der Waals surface area contributed by atoms with Crippen LogP contribution in [0.3, 0.4) is 0 Å². The topological polar surface area (TPSA) is 72.6 Å². The fraction of sp³-hybridized carbons (Fsp3) is 0.538. The highest BCUT2D eigenvalue weighted by Gasteiger charge is 2.29. The van der Waals surface area contributed by atoms with Crippen molar-refractivity contribution in [2.45, 2.75) is 12.5 Å². The fourth-order valence-electron chi connectivity index (χ4n) is 2.59. The van der Waals surface area contributed by atoms with Gasteiger partial charge in [-0.1, -0.05) is 12.1 Å². The lowest BCUT2D eigenvalue weighted by Crippen LogP contribution is -2.20. The predicted molar refractivity (Wildman–Crippen MR) is 74.4 cm³/mol. The monoisotopic (exact) mass is 284 g/mol. The van der Waals surface area contributed by atoms with Gasteiger partial charge in [0.1, 0.15) is 5.75 Å². The smallest absolute Gasteiger partial charge is 0.306 e. The maximum atomic E-state index is 11.0. The molecule has 1 aromatic carbocycles. The minimum Gasteiger partial charge on any atom is -0.383 e. The normalized spacial score (nSPS) is 24.6. The maximum Gasteiger partial charge on any atom is 0.306 e. The Bertz CT molecular complexity index is 527. The van der Waals surface area contributed by atoms with Gasteiger partial charge >= 0.3 is 10.1 Å². The number of nitrogens with two attached hydrogens (primary N) is 1. The van der Waals surface area contributed by atoms with Crippen LogP contribution in [-0.2, 0) is 10.1 Å². The van der Waals surface area contributed by atoms with Gasteiger partial charge in [-0.15, -0.1) is 0 Å². The van der Waals surface area contributed by atoms with Crippen LogP contribution in [0, 0.1) is 5.92 Å². The van der Waals surface area contributed by atoms with Crippen LogP contribution >= 0.6 is 0 Å². The Morgan fingerprint density at radius 2 is 2.00 bits per heavy atom. The van der Waals surface area contributed by atoms with Crippen LogP contribution < -0.4 is 9.92 Å². The molecule has 6 heteroatoms. The largest absolute Gasteiger partial charge is 0.383 e.